The van der Waals surface area contributed by atoms with Gasteiger partial charge in [0.2, 0.25) is 0 Å². The first kappa shape index (κ1) is 30.5. The Hall–Kier alpha value is 0.350. The van der Waals surface area contributed by atoms with E-state index in [4.69, 9.17) is 0 Å². The third-order valence-corrected chi connectivity index (χ3v) is 11.2. The minimum atomic E-state index is -2.44. The maximum Gasteiger partial charge on any atom is -0.412 e. The Morgan fingerprint density at radius 2 is 0.643 bits per heavy atom. The third kappa shape index (κ3) is 18.4. The van der Waals surface area contributed by atoms with E-state index < -0.39 is 6.83 Å². The van der Waals surface area contributed by atoms with Crippen molar-refractivity contribution in [3.05, 3.63) is 0 Å². The molecular weight excluding hydrogens is 363 g/mol. The molecule has 0 fully saturated rings. The maximum atomic E-state index is 11.8. The predicted molar refractivity (Wildman–Crippen MR) is 133 cm³/mol. The van der Waals surface area contributed by atoms with E-state index in [-0.39, 0.29) is 5.48 Å². The topological polar surface area (TPSA) is 51.7 Å². The van der Waals surface area contributed by atoms with Crippen LogP contribution < -0.4 is 0 Å². The molecule has 0 aliphatic rings. The Bertz CT molecular complexity index is 270. The first-order valence-electron chi connectivity index (χ1n) is 12.7. The maximum absolute atomic E-state index is 11.8. The van der Waals surface area contributed by atoms with Gasteiger partial charge in [-0.2, -0.15) is 0 Å². The number of hydrogen-bond donors (Lipinski definition) is 1. The molecule has 174 valence electrons. The number of hydrogen-bond acceptors (Lipinski definition) is 1. The normalized spacial score (nSPS) is 13.1. The van der Waals surface area contributed by atoms with E-state index in [0.29, 0.717) is 0 Å². The van der Waals surface area contributed by atoms with E-state index in [1.54, 1.807) is 0 Å². The van der Waals surface area contributed by atoms with E-state index in [9.17, 15) is 4.89 Å². The van der Waals surface area contributed by atoms with Gasteiger partial charge in [0.1, 0.15) is 0 Å². The molecule has 0 unspecified atom stereocenters. The standard InChI is InChI=1S/C25H55OP.H2O/c1-5-8-11-14-17-20-23-27(4,26,24-21-18-15-12-9-6-2)25-22-19-16-13-10-7-3;/h26H,5-25H2,1-4H3;1H2. The van der Waals surface area contributed by atoms with Crippen LogP contribution in [0.5, 0.6) is 0 Å². The van der Waals surface area contributed by atoms with Crippen molar-refractivity contribution in [2.24, 2.45) is 0 Å². The molecule has 0 saturated carbocycles. The number of rotatable bonds is 21. The molecule has 0 aliphatic carbocycles. The van der Waals surface area contributed by atoms with E-state index in [1.807, 2.05) is 0 Å². The summed E-state index contributed by atoms with van der Waals surface area (Å²) in [6.45, 7) is 6.75. The Labute approximate surface area is 179 Å². The van der Waals surface area contributed by atoms with Gasteiger partial charge in [-0.05, 0) is 0 Å². The van der Waals surface area contributed by atoms with Gasteiger partial charge in [-0.1, -0.05) is 0 Å². The van der Waals surface area contributed by atoms with Gasteiger partial charge in [-0.25, -0.2) is 0 Å². The van der Waals surface area contributed by atoms with Crippen LogP contribution in [0.1, 0.15) is 136 Å². The van der Waals surface area contributed by atoms with Gasteiger partial charge < -0.3 is 5.48 Å². The van der Waals surface area contributed by atoms with Gasteiger partial charge in [0.25, 0.3) is 0 Å². The molecule has 28 heavy (non-hydrogen) atoms. The third-order valence-electron chi connectivity index (χ3n) is 6.45. The van der Waals surface area contributed by atoms with Gasteiger partial charge in [-0.3, -0.25) is 0 Å². The zero-order chi connectivity index (χ0) is 20.3. The zero-order valence-corrected chi connectivity index (χ0v) is 21.1. The molecule has 0 amide bonds. The Balaban J connectivity index is 0. The first-order valence-corrected chi connectivity index (χ1v) is 15.9. The van der Waals surface area contributed by atoms with Crippen LogP contribution in [-0.4, -0.2) is 35.5 Å². The van der Waals surface area contributed by atoms with Gasteiger partial charge >= 0.3 is 173 Å². The van der Waals surface area contributed by atoms with Crippen molar-refractivity contribution < 1.29 is 10.4 Å². The molecule has 0 aromatic carbocycles. The average Bonchev–Trinajstić information content (AvgIpc) is 2.64. The second kappa shape index (κ2) is 19.3. The summed E-state index contributed by atoms with van der Waals surface area (Å²) in [5, 5.41) is 0. The summed E-state index contributed by atoms with van der Waals surface area (Å²) in [4.78, 5) is 11.8. The minimum absolute atomic E-state index is 0. The fourth-order valence-electron chi connectivity index (χ4n) is 4.37. The van der Waals surface area contributed by atoms with Crippen LogP contribution in [0.4, 0.5) is 0 Å². The van der Waals surface area contributed by atoms with Crippen molar-refractivity contribution in [1.82, 2.24) is 0 Å². The zero-order valence-electron chi connectivity index (χ0n) is 20.2. The van der Waals surface area contributed by atoms with Crippen LogP contribution in [0.3, 0.4) is 0 Å². The summed E-state index contributed by atoms with van der Waals surface area (Å²) in [5.74, 6) is 0. The molecule has 0 spiro atoms. The van der Waals surface area contributed by atoms with E-state index in [2.05, 4.69) is 27.4 Å². The van der Waals surface area contributed by atoms with Crippen LogP contribution >= 0.6 is 6.83 Å². The Morgan fingerprint density at radius 3 is 0.893 bits per heavy atom. The molecule has 0 aromatic rings. The van der Waals surface area contributed by atoms with Crippen molar-refractivity contribution in [1.29, 1.82) is 0 Å². The predicted octanol–water partition coefficient (Wildman–Crippen LogP) is 8.33. The Morgan fingerprint density at radius 1 is 0.429 bits per heavy atom. The van der Waals surface area contributed by atoms with Crippen LogP contribution in [0.15, 0.2) is 0 Å². The summed E-state index contributed by atoms with van der Waals surface area (Å²) in [6.07, 6.45) is 27.6. The number of unbranched alkanes of at least 4 members (excludes halogenated alkanes) is 15. The molecule has 0 atom stereocenters. The van der Waals surface area contributed by atoms with Crippen molar-refractivity contribution in [2.45, 2.75) is 136 Å². The van der Waals surface area contributed by atoms with Crippen LogP contribution in [0.2, 0.25) is 0 Å². The molecule has 0 rings (SSSR count). The molecule has 0 saturated heterocycles. The molecular formula is C25H57O2P. The molecule has 0 heterocycles. The molecule has 0 aromatic heterocycles. The van der Waals surface area contributed by atoms with Crippen molar-refractivity contribution in [2.75, 3.05) is 25.2 Å². The fourth-order valence-corrected chi connectivity index (χ4v) is 8.43. The largest absolute Gasteiger partial charge is 0.412 e. The molecule has 2 nitrogen and oxygen atoms in total. The quantitative estimate of drug-likeness (QED) is 0.147. The molecule has 0 aliphatic heterocycles. The molecule has 3 heteroatoms. The van der Waals surface area contributed by atoms with E-state index in [1.165, 1.54) is 116 Å². The molecule has 3 N–H and O–H groups in total. The summed E-state index contributed by atoms with van der Waals surface area (Å²) in [7, 11) is 0. The van der Waals surface area contributed by atoms with Crippen molar-refractivity contribution in [3.63, 3.8) is 0 Å². The van der Waals surface area contributed by atoms with Gasteiger partial charge in [-0.15, -0.1) is 0 Å². The summed E-state index contributed by atoms with van der Waals surface area (Å²) in [5.41, 5.74) is 0. The second-order valence-corrected chi connectivity index (χ2v) is 15.5. The first-order chi connectivity index (χ1) is 13.0. The summed E-state index contributed by atoms with van der Waals surface area (Å²) >= 11 is 0. The average molecular weight is 421 g/mol. The van der Waals surface area contributed by atoms with E-state index >= 15 is 0 Å². The smallest absolute Gasteiger partial charge is 0.412 e. The SMILES string of the molecule is CCCCCCCCP(C)(O)(CCCCCCCC)CCCCCCCC.O. The van der Waals surface area contributed by atoms with Crippen LogP contribution in [0, 0.1) is 0 Å². The van der Waals surface area contributed by atoms with Crippen LogP contribution in [0.25, 0.3) is 0 Å². The second-order valence-electron chi connectivity index (χ2n) is 9.72. The van der Waals surface area contributed by atoms with Gasteiger partial charge in [0.15, 0.2) is 0 Å². The van der Waals surface area contributed by atoms with Gasteiger partial charge in [0.05, 0.1) is 0 Å². The fraction of sp³-hybridized carbons (Fsp3) is 1.00. The van der Waals surface area contributed by atoms with Crippen molar-refractivity contribution in [3.8, 4) is 0 Å². The van der Waals surface area contributed by atoms with E-state index in [0.717, 1.165) is 18.5 Å². The monoisotopic (exact) mass is 420 g/mol. The minimum Gasteiger partial charge on any atom is -0.412 e. The van der Waals surface area contributed by atoms with Crippen molar-refractivity contribution >= 4 is 6.83 Å². The molecule has 0 bridgehead atoms. The molecule has 0 radical (unpaired) electrons. The summed E-state index contributed by atoms with van der Waals surface area (Å²) < 4.78 is 0. The summed E-state index contributed by atoms with van der Waals surface area (Å²) in [6, 6.07) is 0. The van der Waals surface area contributed by atoms with Gasteiger partial charge in [0, 0.05) is 0 Å². The van der Waals surface area contributed by atoms with Crippen LogP contribution in [-0.2, 0) is 0 Å². The Kier molecular flexibility index (Phi) is 21.1.